The Morgan fingerprint density at radius 2 is 1.74 bits per heavy atom. The lowest BCUT2D eigenvalue weighted by atomic mass is 9.99. The summed E-state index contributed by atoms with van der Waals surface area (Å²) >= 11 is 6.40. The summed E-state index contributed by atoms with van der Waals surface area (Å²) in [7, 11) is 0. The first-order valence-corrected chi connectivity index (χ1v) is 12.9. The van der Waals surface area contributed by atoms with Gasteiger partial charge in [0.05, 0.1) is 17.2 Å². The number of nitrogens with one attached hydrogen (secondary N) is 1. The molecule has 0 spiro atoms. The maximum Gasteiger partial charge on any atom is 0.292 e. The number of ether oxygens (including phenoxy) is 1. The molecule has 0 unspecified atom stereocenters. The Morgan fingerprint density at radius 3 is 2.34 bits per heavy atom. The fraction of sp³-hybridized carbons (Fsp3) is 0.481. The van der Waals surface area contributed by atoms with Crippen LogP contribution in [0.5, 0.6) is 5.75 Å². The highest BCUT2D eigenvalue weighted by Gasteiger charge is 2.31. The molecule has 3 aliphatic rings. The standard InChI is InChI=1S/C27H32ClN3O4/c28-22-16-19(6-11-24(22)35-21-9-10-21)25(32)23(17-30-12-3-13-30)29-27(34)26(33)18-4-7-20(8-5-18)31-14-1-2-15-31/h4-8,11,16,21,23,25,32H,1-3,9-10,12-15,17H2,(H,29,34)/t23-,25-/m1/s1. The summed E-state index contributed by atoms with van der Waals surface area (Å²) in [6.07, 6.45) is 4.68. The van der Waals surface area contributed by atoms with E-state index >= 15 is 0 Å². The summed E-state index contributed by atoms with van der Waals surface area (Å²) in [4.78, 5) is 30.2. The zero-order chi connectivity index (χ0) is 24.4. The van der Waals surface area contributed by atoms with E-state index in [1.807, 2.05) is 12.1 Å². The lowest BCUT2D eigenvalue weighted by Crippen LogP contribution is -2.52. The molecule has 3 fully saturated rings. The van der Waals surface area contributed by atoms with Gasteiger partial charge in [0.25, 0.3) is 5.91 Å². The van der Waals surface area contributed by atoms with Crippen molar-refractivity contribution in [2.24, 2.45) is 0 Å². The number of likely N-dealkylation sites (tertiary alicyclic amines) is 1. The van der Waals surface area contributed by atoms with Gasteiger partial charge in [-0.15, -0.1) is 0 Å². The molecule has 2 saturated heterocycles. The number of anilines is 1. The van der Waals surface area contributed by atoms with Crippen molar-refractivity contribution in [2.75, 3.05) is 37.6 Å². The van der Waals surface area contributed by atoms with Gasteiger partial charge >= 0.3 is 0 Å². The van der Waals surface area contributed by atoms with E-state index in [2.05, 4.69) is 15.1 Å². The van der Waals surface area contributed by atoms with Crippen LogP contribution in [0.3, 0.4) is 0 Å². The number of hydrogen-bond donors (Lipinski definition) is 2. The van der Waals surface area contributed by atoms with E-state index in [9.17, 15) is 14.7 Å². The Kier molecular flexibility index (Phi) is 7.27. The van der Waals surface area contributed by atoms with Crippen LogP contribution < -0.4 is 15.0 Å². The fourth-order valence-corrected chi connectivity index (χ4v) is 4.86. The molecule has 35 heavy (non-hydrogen) atoms. The minimum absolute atomic E-state index is 0.220. The molecule has 2 aliphatic heterocycles. The van der Waals surface area contributed by atoms with E-state index in [0.717, 1.165) is 51.1 Å². The molecule has 8 heteroatoms. The molecule has 2 aromatic carbocycles. The molecule has 1 saturated carbocycles. The van der Waals surface area contributed by atoms with Gasteiger partial charge in [0, 0.05) is 30.9 Å². The number of benzene rings is 2. The van der Waals surface area contributed by atoms with Gasteiger partial charge in [-0.05, 0) is 87.2 Å². The van der Waals surface area contributed by atoms with Gasteiger partial charge in [0.1, 0.15) is 11.9 Å². The summed E-state index contributed by atoms with van der Waals surface area (Å²) in [5, 5.41) is 14.4. The summed E-state index contributed by atoms with van der Waals surface area (Å²) in [5.41, 5.74) is 1.98. The normalized spacial score (nSPS) is 19.7. The molecule has 1 amide bonds. The lowest BCUT2D eigenvalue weighted by Gasteiger charge is -2.36. The Bertz CT molecular complexity index is 1060. The van der Waals surface area contributed by atoms with Crippen molar-refractivity contribution in [3.05, 3.63) is 58.6 Å². The Balaban J connectivity index is 1.27. The van der Waals surface area contributed by atoms with Crippen LogP contribution >= 0.6 is 11.6 Å². The van der Waals surface area contributed by atoms with Crippen LogP contribution in [0.25, 0.3) is 0 Å². The molecule has 7 nitrogen and oxygen atoms in total. The number of ketones is 1. The van der Waals surface area contributed by atoms with Crippen LogP contribution in [0.2, 0.25) is 5.02 Å². The molecular formula is C27H32ClN3O4. The zero-order valence-corrected chi connectivity index (χ0v) is 20.5. The molecule has 2 heterocycles. The predicted molar refractivity (Wildman–Crippen MR) is 135 cm³/mol. The van der Waals surface area contributed by atoms with E-state index < -0.39 is 23.8 Å². The quantitative estimate of drug-likeness (QED) is 0.385. The number of nitrogens with zero attached hydrogens (tertiary/aromatic N) is 2. The molecule has 0 aromatic heterocycles. The fourth-order valence-electron chi connectivity index (χ4n) is 4.63. The number of amides is 1. The largest absolute Gasteiger partial charge is 0.489 e. The highest BCUT2D eigenvalue weighted by Crippen LogP contribution is 2.34. The second-order valence-corrected chi connectivity index (χ2v) is 10.2. The Labute approximate surface area is 211 Å². The van der Waals surface area contributed by atoms with Crippen LogP contribution in [-0.2, 0) is 4.79 Å². The smallest absolute Gasteiger partial charge is 0.292 e. The highest BCUT2D eigenvalue weighted by atomic mass is 35.5. The van der Waals surface area contributed by atoms with Crippen LogP contribution in [0, 0.1) is 0 Å². The maximum atomic E-state index is 12.9. The van der Waals surface area contributed by atoms with Gasteiger partial charge in [-0.1, -0.05) is 17.7 Å². The van der Waals surface area contributed by atoms with Gasteiger partial charge in [-0.25, -0.2) is 0 Å². The lowest BCUT2D eigenvalue weighted by molar-refractivity contribution is -0.118. The van der Waals surface area contributed by atoms with Crippen molar-refractivity contribution in [3.63, 3.8) is 0 Å². The molecule has 5 rings (SSSR count). The van der Waals surface area contributed by atoms with Crippen molar-refractivity contribution >= 4 is 29.0 Å². The number of aliphatic hydroxyl groups is 1. The highest BCUT2D eigenvalue weighted by molar-refractivity contribution is 6.42. The number of carbonyl (C=O) groups excluding carboxylic acids is 2. The average molecular weight is 498 g/mol. The molecule has 186 valence electrons. The van der Waals surface area contributed by atoms with Gasteiger partial charge in [0.2, 0.25) is 5.78 Å². The Morgan fingerprint density at radius 1 is 1.03 bits per heavy atom. The average Bonchev–Trinajstić information content (AvgIpc) is 3.49. The summed E-state index contributed by atoms with van der Waals surface area (Å²) in [6.45, 7) is 4.29. The third kappa shape index (κ3) is 5.80. The van der Waals surface area contributed by atoms with E-state index in [0.29, 0.717) is 28.4 Å². The van der Waals surface area contributed by atoms with E-state index in [1.165, 1.54) is 12.8 Å². The maximum absolute atomic E-state index is 12.9. The van der Waals surface area contributed by atoms with E-state index in [-0.39, 0.29) is 6.10 Å². The van der Waals surface area contributed by atoms with Crippen LogP contribution in [0.15, 0.2) is 42.5 Å². The van der Waals surface area contributed by atoms with Crippen molar-refractivity contribution in [3.8, 4) is 5.75 Å². The molecule has 2 atom stereocenters. The number of halogens is 1. The third-order valence-electron chi connectivity index (χ3n) is 7.02. The van der Waals surface area contributed by atoms with Crippen LogP contribution in [-0.4, -0.2) is 66.6 Å². The molecule has 0 bridgehead atoms. The predicted octanol–water partition coefficient (Wildman–Crippen LogP) is 3.59. The monoisotopic (exact) mass is 497 g/mol. The van der Waals surface area contributed by atoms with Crippen molar-refractivity contribution < 1.29 is 19.4 Å². The minimum atomic E-state index is -1.02. The van der Waals surface area contributed by atoms with Crippen LogP contribution in [0.4, 0.5) is 5.69 Å². The van der Waals surface area contributed by atoms with Crippen LogP contribution in [0.1, 0.15) is 54.1 Å². The third-order valence-corrected chi connectivity index (χ3v) is 7.32. The van der Waals surface area contributed by atoms with Crippen molar-refractivity contribution in [1.82, 2.24) is 10.2 Å². The molecule has 1 aliphatic carbocycles. The number of hydrogen-bond acceptors (Lipinski definition) is 6. The number of Topliss-reactive ketones (excluding diaryl/α,β-unsaturated/α-hetero) is 1. The van der Waals surface area contributed by atoms with Gasteiger partial charge in [0.15, 0.2) is 0 Å². The van der Waals surface area contributed by atoms with Crippen molar-refractivity contribution in [2.45, 2.75) is 50.4 Å². The summed E-state index contributed by atoms with van der Waals surface area (Å²) in [5.74, 6) is -0.728. The second-order valence-electron chi connectivity index (χ2n) is 9.76. The summed E-state index contributed by atoms with van der Waals surface area (Å²) in [6, 6.07) is 11.7. The second kappa shape index (κ2) is 10.6. The zero-order valence-electron chi connectivity index (χ0n) is 19.8. The number of rotatable bonds is 10. The first kappa shape index (κ1) is 24.1. The molecule has 2 N–H and O–H groups in total. The SMILES string of the molecule is O=C(N[C@H](CN1CCC1)[C@H](O)c1ccc(OC2CC2)c(Cl)c1)C(=O)c1ccc(N2CCCC2)cc1. The molecule has 0 radical (unpaired) electrons. The van der Waals surface area contributed by atoms with E-state index in [1.54, 1.807) is 30.3 Å². The minimum Gasteiger partial charge on any atom is -0.489 e. The summed E-state index contributed by atoms with van der Waals surface area (Å²) < 4.78 is 5.79. The van der Waals surface area contributed by atoms with E-state index in [4.69, 9.17) is 16.3 Å². The van der Waals surface area contributed by atoms with Crippen molar-refractivity contribution in [1.29, 1.82) is 0 Å². The molecule has 2 aromatic rings. The number of aliphatic hydroxyl groups excluding tert-OH is 1. The Hall–Kier alpha value is -2.61. The first-order chi connectivity index (χ1) is 17.0. The first-order valence-electron chi connectivity index (χ1n) is 12.5. The van der Waals surface area contributed by atoms with Gasteiger partial charge in [-0.3, -0.25) is 9.59 Å². The number of carbonyl (C=O) groups is 2. The van der Waals surface area contributed by atoms with Gasteiger partial charge < -0.3 is 25.0 Å². The van der Waals surface area contributed by atoms with Gasteiger partial charge in [-0.2, -0.15) is 0 Å². The topological polar surface area (TPSA) is 82.1 Å². The molecular weight excluding hydrogens is 466 g/mol.